The summed E-state index contributed by atoms with van der Waals surface area (Å²) in [4.78, 5) is 10.4. The molecule has 1 N–H and O–H groups in total. The standard InChI is InChI=1S/C14H17N3/c1-2-11-7-9-17(10-8-11)14-15-12-5-3-4-6-13(12)16-14/h2-6,11H,1,7-10H2,(H,15,16). The van der Waals surface area contributed by atoms with E-state index in [1.165, 1.54) is 12.8 Å². The first-order chi connectivity index (χ1) is 8.36. The molecule has 1 aliphatic rings. The number of imidazole rings is 1. The Morgan fingerprint density at radius 3 is 2.76 bits per heavy atom. The molecule has 0 atom stereocenters. The molecule has 1 saturated heterocycles. The summed E-state index contributed by atoms with van der Waals surface area (Å²) < 4.78 is 0. The van der Waals surface area contributed by atoms with Gasteiger partial charge < -0.3 is 9.88 Å². The van der Waals surface area contributed by atoms with Gasteiger partial charge in [0, 0.05) is 13.1 Å². The van der Waals surface area contributed by atoms with E-state index in [-0.39, 0.29) is 0 Å². The number of hydrogen-bond acceptors (Lipinski definition) is 2. The van der Waals surface area contributed by atoms with Gasteiger partial charge in [0.25, 0.3) is 0 Å². The topological polar surface area (TPSA) is 31.9 Å². The fraction of sp³-hybridized carbons (Fsp3) is 0.357. The molecule has 3 rings (SSSR count). The second kappa shape index (κ2) is 4.24. The number of allylic oxidation sites excluding steroid dienone is 1. The average molecular weight is 227 g/mol. The van der Waals surface area contributed by atoms with Crippen LogP contribution in [-0.2, 0) is 0 Å². The lowest BCUT2D eigenvalue weighted by atomic mass is 9.97. The van der Waals surface area contributed by atoms with Crippen LogP contribution in [0.2, 0.25) is 0 Å². The van der Waals surface area contributed by atoms with Crippen LogP contribution in [0.4, 0.5) is 5.95 Å². The van der Waals surface area contributed by atoms with Crippen LogP contribution < -0.4 is 4.90 Å². The zero-order valence-corrected chi connectivity index (χ0v) is 9.89. The van der Waals surface area contributed by atoms with Crippen molar-refractivity contribution in [2.45, 2.75) is 12.8 Å². The van der Waals surface area contributed by atoms with E-state index in [1.54, 1.807) is 0 Å². The van der Waals surface area contributed by atoms with Crippen LogP contribution >= 0.6 is 0 Å². The molecule has 88 valence electrons. The molecular formula is C14H17N3. The highest BCUT2D eigenvalue weighted by atomic mass is 15.3. The zero-order chi connectivity index (χ0) is 11.7. The minimum atomic E-state index is 0.677. The highest BCUT2D eigenvalue weighted by molar-refractivity contribution is 5.77. The van der Waals surface area contributed by atoms with Crippen LogP contribution in [0, 0.1) is 5.92 Å². The fourth-order valence-electron chi connectivity index (χ4n) is 2.44. The number of fused-ring (bicyclic) bond motifs is 1. The summed E-state index contributed by atoms with van der Waals surface area (Å²) in [6.45, 7) is 6.01. The van der Waals surface area contributed by atoms with Crippen LogP contribution in [0.25, 0.3) is 11.0 Å². The van der Waals surface area contributed by atoms with Crippen molar-refractivity contribution in [3.63, 3.8) is 0 Å². The minimum Gasteiger partial charge on any atom is -0.342 e. The lowest BCUT2D eigenvalue weighted by Gasteiger charge is -2.30. The van der Waals surface area contributed by atoms with Crippen molar-refractivity contribution in [1.82, 2.24) is 9.97 Å². The van der Waals surface area contributed by atoms with E-state index in [9.17, 15) is 0 Å². The molecule has 1 fully saturated rings. The van der Waals surface area contributed by atoms with Crippen LogP contribution in [0.1, 0.15) is 12.8 Å². The quantitative estimate of drug-likeness (QED) is 0.800. The number of para-hydroxylation sites is 2. The van der Waals surface area contributed by atoms with E-state index < -0.39 is 0 Å². The van der Waals surface area contributed by atoms with E-state index in [1.807, 2.05) is 18.2 Å². The first-order valence-corrected chi connectivity index (χ1v) is 6.19. The summed E-state index contributed by atoms with van der Waals surface area (Å²) in [5.74, 6) is 1.68. The number of aromatic amines is 1. The number of rotatable bonds is 2. The lowest BCUT2D eigenvalue weighted by molar-refractivity contribution is 0.475. The van der Waals surface area contributed by atoms with Gasteiger partial charge in [-0.2, -0.15) is 0 Å². The monoisotopic (exact) mass is 227 g/mol. The molecule has 0 saturated carbocycles. The molecule has 3 nitrogen and oxygen atoms in total. The molecule has 0 spiro atoms. The van der Waals surface area contributed by atoms with Crippen LogP contribution in [0.15, 0.2) is 36.9 Å². The molecule has 1 aromatic carbocycles. The Bertz CT molecular complexity index is 488. The van der Waals surface area contributed by atoms with Crippen molar-refractivity contribution in [2.75, 3.05) is 18.0 Å². The van der Waals surface area contributed by atoms with Gasteiger partial charge in [-0.05, 0) is 30.9 Å². The summed E-state index contributed by atoms with van der Waals surface area (Å²) in [6, 6.07) is 8.18. The van der Waals surface area contributed by atoms with Crippen LogP contribution in [-0.4, -0.2) is 23.1 Å². The molecule has 2 heterocycles. The maximum Gasteiger partial charge on any atom is 0.203 e. The highest BCUT2D eigenvalue weighted by Crippen LogP contribution is 2.23. The Balaban J connectivity index is 1.82. The van der Waals surface area contributed by atoms with E-state index >= 15 is 0 Å². The number of nitrogens with zero attached hydrogens (tertiary/aromatic N) is 2. The van der Waals surface area contributed by atoms with E-state index in [0.29, 0.717) is 5.92 Å². The molecule has 1 aliphatic heterocycles. The number of piperidine rings is 1. The Hall–Kier alpha value is -1.77. The van der Waals surface area contributed by atoms with Crippen molar-refractivity contribution < 1.29 is 0 Å². The Labute approximate surface area is 101 Å². The number of aromatic nitrogens is 2. The predicted octanol–water partition coefficient (Wildman–Crippen LogP) is 2.97. The normalized spacial score (nSPS) is 17.5. The van der Waals surface area contributed by atoms with Crippen LogP contribution in [0.5, 0.6) is 0 Å². The number of H-pyrrole nitrogens is 1. The van der Waals surface area contributed by atoms with Gasteiger partial charge in [0.1, 0.15) is 0 Å². The average Bonchev–Trinajstić information content (AvgIpc) is 2.82. The minimum absolute atomic E-state index is 0.677. The van der Waals surface area contributed by atoms with Gasteiger partial charge in [0.2, 0.25) is 5.95 Å². The maximum absolute atomic E-state index is 4.63. The van der Waals surface area contributed by atoms with E-state index in [4.69, 9.17) is 0 Å². The molecule has 0 amide bonds. The Morgan fingerprint density at radius 2 is 2.06 bits per heavy atom. The van der Waals surface area contributed by atoms with Crippen molar-refractivity contribution in [1.29, 1.82) is 0 Å². The number of nitrogens with one attached hydrogen (secondary N) is 1. The van der Waals surface area contributed by atoms with Gasteiger partial charge in [-0.1, -0.05) is 18.2 Å². The third-order valence-electron chi connectivity index (χ3n) is 3.55. The van der Waals surface area contributed by atoms with Gasteiger partial charge in [-0.25, -0.2) is 4.98 Å². The van der Waals surface area contributed by atoms with Gasteiger partial charge in [0.05, 0.1) is 11.0 Å². The molecule has 17 heavy (non-hydrogen) atoms. The van der Waals surface area contributed by atoms with Crippen molar-refractivity contribution in [2.24, 2.45) is 5.92 Å². The highest BCUT2D eigenvalue weighted by Gasteiger charge is 2.19. The Kier molecular flexibility index (Phi) is 2.59. The number of hydrogen-bond donors (Lipinski definition) is 1. The molecule has 0 aliphatic carbocycles. The SMILES string of the molecule is C=CC1CCN(c2nc3ccccc3[nH]2)CC1. The molecule has 0 bridgehead atoms. The molecule has 1 aromatic heterocycles. The largest absolute Gasteiger partial charge is 0.342 e. The van der Waals surface area contributed by atoms with Gasteiger partial charge >= 0.3 is 0 Å². The van der Waals surface area contributed by atoms with Crippen LogP contribution in [0.3, 0.4) is 0 Å². The van der Waals surface area contributed by atoms with Gasteiger partial charge in [0.15, 0.2) is 0 Å². The van der Waals surface area contributed by atoms with E-state index in [2.05, 4.69) is 33.6 Å². The smallest absolute Gasteiger partial charge is 0.203 e. The first-order valence-electron chi connectivity index (χ1n) is 6.19. The predicted molar refractivity (Wildman–Crippen MR) is 71.2 cm³/mol. The molecule has 0 unspecified atom stereocenters. The summed E-state index contributed by atoms with van der Waals surface area (Å²) in [7, 11) is 0. The fourth-order valence-corrected chi connectivity index (χ4v) is 2.44. The second-order valence-electron chi connectivity index (χ2n) is 4.64. The van der Waals surface area contributed by atoms with E-state index in [0.717, 1.165) is 30.1 Å². The molecule has 3 heteroatoms. The van der Waals surface area contributed by atoms with Crippen molar-refractivity contribution >= 4 is 17.0 Å². The third kappa shape index (κ3) is 1.93. The summed E-state index contributed by atoms with van der Waals surface area (Å²) in [5.41, 5.74) is 2.17. The molecule has 2 aromatic rings. The van der Waals surface area contributed by atoms with Gasteiger partial charge in [-0.3, -0.25) is 0 Å². The molecular weight excluding hydrogens is 210 g/mol. The first kappa shape index (κ1) is 10.4. The number of anilines is 1. The maximum atomic E-state index is 4.63. The van der Waals surface area contributed by atoms with Crippen molar-refractivity contribution in [3.05, 3.63) is 36.9 Å². The summed E-state index contributed by atoms with van der Waals surface area (Å²) in [5, 5.41) is 0. The van der Waals surface area contributed by atoms with Gasteiger partial charge in [-0.15, -0.1) is 6.58 Å². The zero-order valence-electron chi connectivity index (χ0n) is 9.89. The summed E-state index contributed by atoms with van der Waals surface area (Å²) >= 11 is 0. The van der Waals surface area contributed by atoms with Crippen molar-refractivity contribution in [3.8, 4) is 0 Å². The number of benzene rings is 1. The molecule has 0 radical (unpaired) electrons. The summed E-state index contributed by atoms with van der Waals surface area (Å²) in [6.07, 6.45) is 4.44. The third-order valence-corrected chi connectivity index (χ3v) is 3.55. The lowest BCUT2D eigenvalue weighted by Crippen LogP contribution is -2.33. The second-order valence-corrected chi connectivity index (χ2v) is 4.64. The Morgan fingerprint density at radius 1 is 1.29 bits per heavy atom.